The van der Waals surface area contributed by atoms with Crippen molar-refractivity contribution in [1.82, 2.24) is 5.32 Å². The Balaban J connectivity index is 2.82. The maximum absolute atomic E-state index is 11.3. The van der Waals surface area contributed by atoms with Crippen LogP contribution in [0.4, 0.5) is 0 Å². The second-order valence-corrected chi connectivity index (χ2v) is 2.99. The molecule has 0 aromatic heterocycles. The highest BCUT2D eigenvalue weighted by atomic mass is 16.2. The number of carbonyl (C=O) groups excluding carboxylic acids is 2. The first-order valence-corrected chi connectivity index (χ1v) is 4.35. The molecule has 0 bridgehead atoms. The van der Waals surface area contributed by atoms with E-state index in [4.69, 9.17) is 0 Å². The number of nitrogens with zero attached hydrogens (tertiary/aromatic N) is 1. The van der Waals surface area contributed by atoms with Crippen LogP contribution in [0.3, 0.4) is 0 Å². The first-order chi connectivity index (χ1) is 6.54. The van der Waals surface area contributed by atoms with Crippen molar-refractivity contribution in [2.75, 3.05) is 0 Å². The summed E-state index contributed by atoms with van der Waals surface area (Å²) in [6.45, 7) is 7.12. The molecule has 4 heteroatoms. The van der Waals surface area contributed by atoms with E-state index in [-0.39, 0.29) is 11.6 Å². The molecule has 1 aliphatic rings. The average Bonchev–Trinajstić information content (AvgIpc) is 2.14. The summed E-state index contributed by atoms with van der Waals surface area (Å²) in [6, 6.07) is 0. The van der Waals surface area contributed by atoms with Crippen molar-refractivity contribution in [3.8, 4) is 0 Å². The molecule has 74 valence electrons. The number of dihydropyridines is 1. The lowest BCUT2D eigenvalue weighted by molar-refractivity contribution is -0.122. The largest absolute Gasteiger partial charge is 0.321 e. The van der Waals surface area contributed by atoms with Crippen molar-refractivity contribution in [3.05, 3.63) is 23.9 Å². The quantitative estimate of drug-likeness (QED) is 0.708. The molecule has 0 spiro atoms. The van der Waals surface area contributed by atoms with E-state index >= 15 is 0 Å². The van der Waals surface area contributed by atoms with Gasteiger partial charge in [-0.2, -0.15) is 0 Å². The minimum atomic E-state index is -0.420. The summed E-state index contributed by atoms with van der Waals surface area (Å²) in [5.74, 6) is -0.621. The molecule has 2 amide bonds. The molecule has 0 radical (unpaired) electrons. The number of amides is 2. The van der Waals surface area contributed by atoms with Gasteiger partial charge in [-0.15, -0.1) is 0 Å². The third kappa shape index (κ3) is 2.16. The zero-order valence-electron chi connectivity index (χ0n) is 8.26. The van der Waals surface area contributed by atoms with Gasteiger partial charge in [-0.3, -0.25) is 9.59 Å². The molecule has 1 N–H and O–H groups in total. The van der Waals surface area contributed by atoms with Gasteiger partial charge in [0.1, 0.15) is 5.70 Å². The molecule has 0 saturated carbocycles. The molecule has 0 aromatic rings. The van der Waals surface area contributed by atoms with E-state index in [0.29, 0.717) is 17.7 Å². The molecule has 4 nitrogen and oxygen atoms in total. The Bertz CT molecular complexity index is 364. The molecular weight excluding hydrogens is 180 g/mol. The van der Waals surface area contributed by atoms with Crippen LogP contribution in [0, 0.1) is 0 Å². The fraction of sp³-hybridized carbons (Fsp3) is 0.300. The van der Waals surface area contributed by atoms with E-state index in [2.05, 4.69) is 16.9 Å². The van der Waals surface area contributed by atoms with Crippen LogP contribution in [0.25, 0.3) is 0 Å². The van der Waals surface area contributed by atoms with Gasteiger partial charge in [0.25, 0.3) is 5.91 Å². The lowest BCUT2D eigenvalue weighted by Crippen LogP contribution is -2.28. The first-order valence-electron chi connectivity index (χ1n) is 4.35. The van der Waals surface area contributed by atoms with E-state index in [1.165, 1.54) is 6.08 Å². The number of hydrogen-bond acceptors (Lipinski definition) is 2. The Hall–Kier alpha value is -1.71. The molecule has 1 rings (SSSR count). The van der Waals surface area contributed by atoms with Gasteiger partial charge in [0.15, 0.2) is 0 Å². The van der Waals surface area contributed by atoms with Crippen molar-refractivity contribution in [1.29, 1.82) is 0 Å². The lowest BCUT2D eigenvalue weighted by atomic mass is 10.1. The number of rotatable bonds is 2. The lowest BCUT2D eigenvalue weighted by Gasteiger charge is -2.11. The topological polar surface area (TPSA) is 58.5 Å². The van der Waals surface area contributed by atoms with Gasteiger partial charge in [0.05, 0.1) is 0 Å². The molecule has 1 heterocycles. The van der Waals surface area contributed by atoms with Gasteiger partial charge in [-0.25, -0.2) is 4.99 Å². The maximum Gasteiger partial charge on any atom is 0.293 e. The normalized spacial score (nSPS) is 16.1. The van der Waals surface area contributed by atoms with Crippen LogP contribution in [0.2, 0.25) is 0 Å². The predicted octanol–water partition coefficient (Wildman–Crippen LogP) is 0.954. The van der Waals surface area contributed by atoms with Crippen molar-refractivity contribution >= 4 is 17.5 Å². The van der Waals surface area contributed by atoms with Crippen LogP contribution in [0.15, 0.2) is 28.9 Å². The third-order valence-corrected chi connectivity index (χ3v) is 1.88. The fourth-order valence-corrected chi connectivity index (χ4v) is 0.953. The number of hydrogen-bond donors (Lipinski definition) is 1. The van der Waals surface area contributed by atoms with E-state index < -0.39 is 5.91 Å². The Morgan fingerprint density at radius 2 is 2.29 bits per heavy atom. The summed E-state index contributed by atoms with van der Waals surface area (Å²) in [5, 5.41) is 2.47. The van der Waals surface area contributed by atoms with Gasteiger partial charge in [0, 0.05) is 12.1 Å². The highest BCUT2D eigenvalue weighted by Gasteiger charge is 2.16. The summed E-state index contributed by atoms with van der Waals surface area (Å²) in [6.07, 6.45) is 1.87. The van der Waals surface area contributed by atoms with Crippen LogP contribution in [0.1, 0.15) is 20.3 Å². The summed E-state index contributed by atoms with van der Waals surface area (Å²) in [4.78, 5) is 26.0. The standard InChI is InChI=1S/C10H12N2O2/c1-4-9(13)12-8-5-6(2)7(3)11-10(8)14/h5H,2,4H2,1,3H3,(H,12,13). The molecule has 14 heavy (non-hydrogen) atoms. The summed E-state index contributed by atoms with van der Waals surface area (Å²) in [5.41, 5.74) is 1.44. The van der Waals surface area contributed by atoms with Gasteiger partial charge in [0.2, 0.25) is 5.91 Å². The van der Waals surface area contributed by atoms with Crippen LogP contribution in [-0.4, -0.2) is 17.5 Å². The summed E-state index contributed by atoms with van der Waals surface area (Å²) < 4.78 is 0. The molecule has 0 saturated heterocycles. The average molecular weight is 192 g/mol. The van der Waals surface area contributed by atoms with E-state index in [9.17, 15) is 9.59 Å². The van der Waals surface area contributed by atoms with Crippen molar-refractivity contribution in [2.45, 2.75) is 20.3 Å². The predicted molar refractivity (Wildman–Crippen MR) is 53.8 cm³/mol. The van der Waals surface area contributed by atoms with Gasteiger partial charge >= 0.3 is 0 Å². The molecule has 1 aliphatic heterocycles. The summed E-state index contributed by atoms with van der Waals surface area (Å²) in [7, 11) is 0. The zero-order chi connectivity index (χ0) is 10.7. The van der Waals surface area contributed by atoms with Crippen molar-refractivity contribution < 1.29 is 9.59 Å². The number of carbonyl (C=O) groups is 2. The monoisotopic (exact) mass is 192 g/mol. The van der Waals surface area contributed by atoms with E-state index in [0.717, 1.165) is 0 Å². The van der Waals surface area contributed by atoms with Crippen molar-refractivity contribution in [3.63, 3.8) is 0 Å². The minimum absolute atomic E-state index is 0.201. The third-order valence-electron chi connectivity index (χ3n) is 1.88. The minimum Gasteiger partial charge on any atom is -0.321 e. The summed E-state index contributed by atoms with van der Waals surface area (Å²) >= 11 is 0. The smallest absolute Gasteiger partial charge is 0.293 e. The number of allylic oxidation sites excluding steroid dienone is 2. The van der Waals surface area contributed by atoms with Gasteiger partial charge < -0.3 is 5.32 Å². The van der Waals surface area contributed by atoms with E-state index in [1.807, 2.05) is 0 Å². The van der Waals surface area contributed by atoms with Crippen LogP contribution in [0.5, 0.6) is 0 Å². The second kappa shape index (κ2) is 4.00. The number of aliphatic imine (C=N–C) groups is 1. The highest BCUT2D eigenvalue weighted by molar-refractivity contribution is 6.14. The SMILES string of the molecule is C=C1C=C(NC(=O)CC)C(=O)N=C1C. The first kappa shape index (κ1) is 10.4. The van der Waals surface area contributed by atoms with Crippen LogP contribution in [-0.2, 0) is 9.59 Å². The fourth-order valence-electron chi connectivity index (χ4n) is 0.953. The Morgan fingerprint density at radius 3 is 2.86 bits per heavy atom. The zero-order valence-corrected chi connectivity index (χ0v) is 8.26. The molecule has 0 atom stereocenters. The second-order valence-electron chi connectivity index (χ2n) is 2.99. The van der Waals surface area contributed by atoms with E-state index in [1.54, 1.807) is 13.8 Å². The Kier molecular flexibility index (Phi) is 2.96. The molecular formula is C10H12N2O2. The molecule has 0 aromatic carbocycles. The molecule has 0 fully saturated rings. The van der Waals surface area contributed by atoms with Crippen molar-refractivity contribution in [2.24, 2.45) is 4.99 Å². The van der Waals surface area contributed by atoms with Crippen LogP contribution < -0.4 is 5.32 Å². The molecule has 0 unspecified atom stereocenters. The van der Waals surface area contributed by atoms with Gasteiger partial charge in [-0.05, 0) is 18.6 Å². The highest BCUT2D eigenvalue weighted by Crippen LogP contribution is 2.10. The van der Waals surface area contributed by atoms with Crippen LogP contribution >= 0.6 is 0 Å². The molecule has 0 aliphatic carbocycles. The number of nitrogens with one attached hydrogen (secondary N) is 1. The van der Waals surface area contributed by atoms with Gasteiger partial charge in [-0.1, -0.05) is 13.5 Å². The maximum atomic E-state index is 11.3. The Labute approximate surface area is 82.4 Å². The Morgan fingerprint density at radius 1 is 1.64 bits per heavy atom.